The molecule has 0 fully saturated rings. The number of carbonyl (C=O) groups is 1. The molecule has 1 amide bonds. The summed E-state index contributed by atoms with van der Waals surface area (Å²) in [5, 5.41) is 2.05. The van der Waals surface area contributed by atoms with Gasteiger partial charge in [-0.05, 0) is 56.3 Å². The summed E-state index contributed by atoms with van der Waals surface area (Å²) >= 11 is 0. The first-order valence-electron chi connectivity index (χ1n) is 12.0. The summed E-state index contributed by atoms with van der Waals surface area (Å²) in [5.41, 5.74) is -3.36. The van der Waals surface area contributed by atoms with Gasteiger partial charge in [-0.15, -0.1) is 0 Å². The van der Waals surface area contributed by atoms with E-state index in [2.05, 4.69) is 4.74 Å². The van der Waals surface area contributed by atoms with Crippen LogP contribution in [0.5, 0.6) is 5.75 Å². The number of fused-ring (bicyclic) bond motifs is 1. The fourth-order valence-corrected chi connectivity index (χ4v) is 5.97. The highest BCUT2D eigenvalue weighted by molar-refractivity contribution is 7.92. The van der Waals surface area contributed by atoms with Gasteiger partial charge in [-0.2, -0.15) is 43.8 Å². The molecule has 0 saturated carbocycles. The summed E-state index contributed by atoms with van der Waals surface area (Å²) in [6.07, 6.45) is -12.6. The fraction of sp³-hybridized carbons (Fsp3) is 0.435. The van der Waals surface area contributed by atoms with Gasteiger partial charge in [0.15, 0.2) is 0 Å². The van der Waals surface area contributed by atoms with E-state index >= 15 is 0 Å². The smallest absolute Gasteiger partial charge is 0.427 e. The second-order valence-electron chi connectivity index (χ2n) is 9.66. The molecule has 0 saturated heterocycles. The van der Waals surface area contributed by atoms with Crippen LogP contribution in [-0.2, 0) is 25.0 Å². The van der Waals surface area contributed by atoms with Gasteiger partial charge in [0.05, 0.1) is 23.7 Å². The van der Waals surface area contributed by atoms with Crippen LogP contribution in [0, 0.1) is 5.82 Å². The van der Waals surface area contributed by atoms with Crippen molar-refractivity contribution in [3.63, 3.8) is 0 Å². The molecule has 11 nitrogen and oxygen atoms in total. The summed E-state index contributed by atoms with van der Waals surface area (Å²) < 4.78 is 155. The van der Waals surface area contributed by atoms with E-state index in [0.717, 1.165) is 42.5 Å². The van der Waals surface area contributed by atoms with E-state index in [-0.39, 0.29) is 21.4 Å². The molecule has 1 aliphatic heterocycles. The monoisotopic (exact) mass is 666 g/mol. The van der Waals surface area contributed by atoms with Gasteiger partial charge in [-0.1, -0.05) is 0 Å². The van der Waals surface area contributed by atoms with Gasteiger partial charge in [0.2, 0.25) is 5.60 Å². The summed E-state index contributed by atoms with van der Waals surface area (Å²) in [5.74, 6) is -0.970. The number of hydrogen-bond acceptors (Lipinski definition) is 7. The molecule has 2 N–H and O–H groups in total. The third kappa shape index (κ3) is 8.39. The second-order valence-corrected chi connectivity index (χ2v) is 13.4. The van der Waals surface area contributed by atoms with Gasteiger partial charge in [0, 0.05) is 12.7 Å². The van der Waals surface area contributed by atoms with E-state index in [9.17, 15) is 52.4 Å². The van der Waals surface area contributed by atoms with Gasteiger partial charge < -0.3 is 9.47 Å². The maximum absolute atomic E-state index is 13.5. The van der Waals surface area contributed by atoms with Crippen LogP contribution in [0.4, 0.5) is 46.9 Å². The van der Waals surface area contributed by atoms with E-state index in [4.69, 9.17) is 4.74 Å². The minimum atomic E-state index is -4.91. The van der Waals surface area contributed by atoms with E-state index in [1.165, 1.54) is 0 Å². The van der Waals surface area contributed by atoms with Crippen LogP contribution in [0.2, 0.25) is 0 Å². The normalized spacial score (nSPS) is 16.4. The maximum Gasteiger partial charge on any atom is 0.427 e. The van der Waals surface area contributed by atoms with Crippen molar-refractivity contribution in [2.45, 2.75) is 42.8 Å². The third-order valence-electron chi connectivity index (χ3n) is 5.87. The topological polar surface area (TPSA) is 134 Å². The summed E-state index contributed by atoms with van der Waals surface area (Å²) in [6, 6.07) is 6.83. The number of nitrogens with zero attached hydrogens (tertiary/aromatic N) is 2. The Balaban J connectivity index is 1.93. The Hall–Kier alpha value is -3.36. The molecule has 2 aromatic carbocycles. The van der Waals surface area contributed by atoms with Crippen molar-refractivity contribution in [1.82, 2.24) is 9.03 Å². The van der Waals surface area contributed by atoms with Gasteiger partial charge in [-0.25, -0.2) is 17.6 Å². The molecule has 2 aromatic rings. The molecule has 3 rings (SSSR count). The molecule has 20 heteroatoms. The molecule has 0 radical (unpaired) electrons. The Labute approximate surface area is 241 Å². The van der Waals surface area contributed by atoms with Crippen molar-refractivity contribution in [1.29, 1.82) is 0 Å². The Morgan fingerprint density at radius 2 is 1.65 bits per heavy atom. The number of nitrogens with one attached hydrogen (secondary N) is 2. The molecule has 240 valence electrons. The van der Waals surface area contributed by atoms with Crippen LogP contribution in [0.15, 0.2) is 47.4 Å². The summed E-state index contributed by atoms with van der Waals surface area (Å²) in [4.78, 5) is 11.8. The lowest BCUT2D eigenvalue weighted by atomic mass is 10.1. The molecule has 0 aliphatic carbocycles. The van der Waals surface area contributed by atoms with Gasteiger partial charge in [0.1, 0.15) is 24.2 Å². The molecule has 1 aliphatic rings. The number of rotatable bonds is 9. The number of carbonyl (C=O) groups excluding carboxylic acids is 1. The molecular weight excluding hydrogens is 641 g/mol. The number of ether oxygens (including phenoxy) is 2. The Morgan fingerprint density at radius 3 is 2.21 bits per heavy atom. The Kier molecular flexibility index (Phi) is 9.50. The number of benzene rings is 2. The van der Waals surface area contributed by atoms with Crippen molar-refractivity contribution < 1.29 is 61.8 Å². The van der Waals surface area contributed by atoms with E-state index in [0.29, 0.717) is 25.2 Å². The predicted octanol–water partition coefficient (Wildman–Crippen LogP) is 4.00. The number of alkyl halides is 6. The molecule has 0 spiro atoms. The number of sulfonamides is 1. The second kappa shape index (κ2) is 12.0. The van der Waals surface area contributed by atoms with Crippen LogP contribution >= 0.6 is 0 Å². The van der Waals surface area contributed by atoms with Crippen molar-refractivity contribution in [2.24, 2.45) is 0 Å². The Bertz CT molecular complexity index is 1550. The number of amides is 1. The first-order valence-corrected chi connectivity index (χ1v) is 14.8. The van der Waals surface area contributed by atoms with Crippen LogP contribution in [-0.4, -0.2) is 78.0 Å². The summed E-state index contributed by atoms with van der Waals surface area (Å²) in [6.45, 7) is -1.91. The van der Waals surface area contributed by atoms with Crippen molar-refractivity contribution in [2.75, 3.05) is 36.3 Å². The van der Waals surface area contributed by atoms with E-state index < -0.39 is 80.7 Å². The van der Waals surface area contributed by atoms with Gasteiger partial charge in [-0.3, -0.25) is 9.62 Å². The molecular formula is C23H25F7N4O7S2. The zero-order chi connectivity index (χ0) is 32.6. The van der Waals surface area contributed by atoms with Gasteiger partial charge >= 0.3 is 18.4 Å². The average molecular weight is 667 g/mol. The fourth-order valence-electron chi connectivity index (χ4n) is 3.54. The SMILES string of the molecule is CN(CC(F)(F)F)S(=O)(=O)NCC1CN(S(=O)(=O)c2ccc(F)cc2)c2cc(NC(=O)OC(C)(C)C(F)(F)F)ccc2O1. The first kappa shape index (κ1) is 34.1. The Morgan fingerprint density at radius 1 is 1.05 bits per heavy atom. The average Bonchev–Trinajstić information content (AvgIpc) is 2.85. The molecule has 0 bridgehead atoms. The van der Waals surface area contributed by atoms with Crippen LogP contribution in [0.1, 0.15) is 13.8 Å². The highest BCUT2D eigenvalue weighted by Gasteiger charge is 2.51. The van der Waals surface area contributed by atoms with Crippen molar-refractivity contribution in [3.05, 3.63) is 48.3 Å². The highest BCUT2D eigenvalue weighted by atomic mass is 32.2. The largest absolute Gasteiger partial charge is 0.485 e. The summed E-state index contributed by atoms with van der Waals surface area (Å²) in [7, 11) is -8.57. The van der Waals surface area contributed by atoms with Crippen LogP contribution in [0.3, 0.4) is 0 Å². The zero-order valence-corrected chi connectivity index (χ0v) is 24.1. The predicted molar refractivity (Wildman–Crippen MR) is 138 cm³/mol. The third-order valence-corrected chi connectivity index (χ3v) is 9.15. The van der Waals surface area contributed by atoms with E-state index in [1.54, 1.807) is 0 Å². The molecule has 1 unspecified atom stereocenters. The number of hydrogen-bond donors (Lipinski definition) is 2. The van der Waals surface area contributed by atoms with E-state index in [1.807, 2.05) is 10.0 Å². The van der Waals surface area contributed by atoms with Crippen LogP contribution in [0.25, 0.3) is 0 Å². The maximum atomic E-state index is 13.5. The van der Waals surface area contributed by atoms with Crippen molar-refractivity contribution in [3.8, 4) is 5.75 Å². The van der Waals surface area contributed by atoms with Gasteiger partial charge in [0.25, 0.3) is 20.2 Å². The minimum Gasteiger partial charge on any atom is -0.485 e. The quantitative estimate of drug-likeness (QED) is 0.387. The highest BCUT2D eigenvalue weighted by Crippen LogP contribution is 2.39. The lowest BCUT2D eigenvalue weighted by Gasteiger charge is -2.36. The standard InChI is InChI=1S/C23H25F7N4O7S2/c1-21(2,23(28,29)30)41-20(35)32-15-6-9-19-18(10-15)34(42(36,37)17-7-4-14(24)5-8-17)12-16(40-19)11-31-43(38,39)33(3)13-22(25,26)27/h4-10,16,31H,11-13H2,1-3H3,(H,32,35). The molecule has 1 atom stereocenters. The zero-order valence-electron chi connectivity index (χ0n) is 22.5. The minimum absolute atomic E-state index is 0.00605. The molecule has 0 aromatic heterocycles. The molecule has 1 heterocycles. The van der Waals surface area contributed by atoms with Crippen LogP contribution < -0.4 is 19.1 Å². The number of anilines is 2. The lowest BCUT2D eigenvalue weighted by molar-refractivity contribution is -0.242. The number of halogens is 7. The lowest BCUT2D eigenvalue weighted by Crippen LogP contribution is -2.51. The van der Waals surface area contributed by atoms with Crippen molar-refractivity contribution >= 4 is 37.7 Å². The first-order chi connectivity index (χ1) is 19.5. The molecule has 43 heavy (non-hydrogen) atoms.